The summed E-state index contributed by atoms with van der Waals surface area (Å²) >= 11 is 0. The standard InChI is InChI=1S/C53H87N2O6P/c1-6-8-10-11-12-13-14-15-16-17-18-19-20-21-22-23-24-25-26-27-28-29-30-31-32-33-34-35-36-37-38-39-40-41-42-43-45-47-53(57)54-51(52(56)46-44-9-7-2)50-61-62(58,59)60-49-48-55(3,4)5/h8,10,12-13,15-16,18-19,21-22,24-25,27-28,30-31,33-34,36-37,39-40,51-52,56H,6-7,9,11,14,17,20,23,26,29,32,35,38,41-50H2,1-5H3,(H-,54,57,58,59)/p+1/b10-8-,13-12-,16-15-,19-18-,22-21-,25-24-,28-27-,31-30-,34-33-,37-36-,40-39-. The largest absolute Gasteiger partial charge is 0.472 e. The van der Waals surface area contributed by atoms with Crippen LogP contribution >= 0.6 is 7.82 Å². The van der Waals surface area contributed by atoms with Crippen molar-refractivity contribution in [3.05, 3.63) is 134 Å². The number of hydrogen-bond donors (Lipinski definition) is 3. The van der Waals surface area contributed by atoms with Crippen LogP contribution in [0, 0.1) is 0 Å². The Labute approximate surface area is 379 Å². The highest BCUT2D eigenvalue weighted by Crippen LogP contribution is 2.43. The molecule has 3 N–H and O–H groups in total. The van der Waals surface area contributed by atoms with E-state index in [0.29, 0.717) is 23.9 Å². The van der Waals surface area contributed by atoms with Crippen LogP contribution in [0.4, 0.5) is 0 Å². The number of unbranched alkanes of at least 4 members (excludes halogenated alkanes) is 5. The first-order valence-electron chi connectivity index (χ1n) is 23.5. The summed E-state index contributed by atoms with van der Waals surface area (Å²) in [7, 11) is 1.56. The van der Waals surface area contributed by atoms with Gasteiger partial charge in [0.25, 0.3) is 0 Å². The van der Waals surface area contributed by atoms with Crippen molar-refractivity contribution in [2.75, 3.05) is 40.9 Å². The summed E-state index contributed by atoms with van der Waals surface area (Å²) in [6, 6.07) is -0.784. The van der Waals surface area contributed by atoms with Crippen molar-refractivity contribution in [3.63, 3.8) is 0 Å². The molecule has 1 amide bonds. The molecule has 0 heterocycles. The molecule has 0 bridgehead atoms. The van der Waals surface area contributed by atoms with E-state index in [9.17, 15) is 19.4 Å². The van der Waals surface area contributed by atoms with Crippen LogP contribution in [0.1, 0.15) is 142 Å². The molecule has 0 spiro atoms. The Hall–Kier alpha value is -3.36. The van der Waals surface area contributed by atoms with Gasteiger partial charge in [-0.25, -0.2) is 4.57 Å². The predicted octanol–water partition coefficient (Wildman–Crippen LogP) is 13.6. The fourth-order valence-corrected chi connectivity index (χ4v) is 6.43. The molecule has 350 valence electrons. The van der Waals surface area contributed by atoms with Crippen LogP contribution in [-0.4, -0.2) is 73.4 Å². The Morgan fingerprint density at radius 3 is 1.35 bits per heavy atom. The first kappa shape index (κ1) is 58.6. The molecule has 0 saturated carbocycles. The van der Waals surface area contributed by atoms with Gasteiger partial charge in [-0.05, 0) is 96.3 Å². The third-order valence-electron chi connectivity index (χ3n) is 9.41. The molecule has 0 fully saturated rings. The smallest absolute Gasteiger partial charge is 0.391 e. The molecule has 0 aliphatic carbocycles. The Bertz CT molecular complexity index is 1460. The molecule has 62 heavy (non-hydrogen) atoms. The Balaban J connectivity index is 4.02. The van der Waals surface area contributed by atoms with Crippen molar-refractivity contribution in [1.82, 2.24) is 5.32 Å². The number of nitrogens with one attached hydrogen (secondary N) is 1. The maximum atomic E-state index is 12.7. The average molecular weight is 880 g/mol. The van der Waals surface area contributed by atoms with Crippen LogP contribution in [-0.2, 0) is 18.4 Å². The Morgan fingerprint density at radius 2 is 0.968 bits per heavy atom. The van der Waals surface area contributed by atoms with E-state index in [-0.39, 0.29) is 19.1 Å². The van der Waals surface area contributed by atoms with E-state index < -0.39 is 20.0 Å². The van der Waals surface area contributed by atoms with E-state index in [2.05, 4.69) is 153 Å². The van der Waals surface area contributed by atoms with Crippen molar-refractivity contribution in [2.24, 2.45) is 0 Å². The van der Waals surface area contributed by atoms with Crippen molar-refractivity contribution >= 4 is 13.7 Å². The highest BCUT2D eigenvalue weighted by Gasteiger charge is 2.28. The minimum atomic E-state index is -4.31. The predicted molar refractivity (Wildman–Crippen MR) is 267 cm³/mol. The lowest BCUT2D eigenvalue weighted by molar-refractivity contribution is -0.870. The monoisotopic (exact) mass is 880 g/mol. The molecule has 0 aromatic rings. The zero-order chi connectivity index (χ0) is 45.7. The van der Waals surface area contributed by atoms with Gasteiger partial charge in [0.2, 0.25) is 5.91 Å². The van der Waals surface area contributed by atoms with Crippen LogP contribution in [0.3, 0.4) is 0 Å². The van der Waals surface area contributed by atoms with Gasteiger partial charge in [-0.1, -0.05) is 173 Å². The van der Waals surface area contributed by atoms with Crippen LogP contribution in [0.5, 0.6) is 0 Å². The number of amides is 1. The summed E-state index contributed by atoms with van der Waals surface area (Å²) in [5.74, 6) is -0.196. The number of aliphatic hydroxyl groups excluding tert-OH is 1. The second-order valence-corrected chi connectivity index (χ2v) is 17.9. The fraction of sp³-hybridized carbons (Fsp3) is 0.566. The van der Waals surface area contributed by atoms with Crippen LogP contribution < -0.4 is 5.32 Å². The number of hydrogen-bond acceptors (Lipinski definition) is 5. The molecule has 0 aromatic carbocycles. The zero-order valence-electron chi connectivity index (χ0n) is 39.5. The molecule has 0 aliphatic heterocycles. The number of quaternary nitrogens is 1. The molecular weight excluding hydrogens is 792 g/mol. The number of nitrogens with zero attached hydrogens (tertiary/aromatic N) is 1. The van der Waals surface area contributed by atoms with Gasteiger partial charge in [-0.2, -0.15) is 0 Å². The summed E-state index contributed by atoms with van der Waals surface area (Å²) in [6.45, 7) is 4.53. The van der Waals surface area contributed by atoms with E-state index in [0.717, 1.165) is 116 Å². The highest BCUT2D eigenvalue weighted by molar-refractivity contribution is 7.47. The number of carbonyl (C=O) groups excluding carboxylic acids is 1. The highest BCUT2D eigenvalue weighted by atomic mass is 31.2. The maximum Gasteiger partial charge on any atom is 0.472 e. The van der Waals surface area contributed by atoms with Crippen molar-refractivity contribution in [2.45, 2.75) is 154 Å². The molecule has 0 saturated heterocycles. The molecule has 3 unspecified atom stereocenters. The topological polar surface area (TPSA) is 105 Å². The summed E-state index contributed by atoms with van der Waals surface area (Å²) in [5, 5.41) is 13.6. The number of aliphatic hydroxyl groups is 1. The lowest BCUT2D eigenvalue weighted by Gasteiger charge is -2.26. The normalized spacial score (nSPS) is 15.4. The fourth-order valence-electron chi connectivity index (χ4n) is 5.69. The number of allylic oxidation sites excluding steroid dienone is 22. The number of phosphoric acid groups is 1. The lowest BCUT2D eigenvalue weighted by Crippen LogP contribution is -2.46. The first-order valence-corrected chi connectivity index (χ1v) is 25.0. The molecule has 0 rings (SSSR count). The van der Waals surface area contributed by atoms with Gasteiger partial charge in [0.1, 0.15) is 13.2 Å². The Morgan fingerprint density at radius 1 is 0.565 bits per heavy atom. The van der Waals surface area contributed by atoms with Gasteiger partial charge in [0, 0.05) is 6.42 Å². The maximum absolute atomic E-state index is 12.7. The quantitative estimate of drug-likeness (QED) is 0.0245. The van der Waals surface area contributed by atoms with Crippen LogP contribution in [0.15, 0.2) is 134 Å². The first-order chi connectivity index (χ1) is 30.0. The molecule has 9 heteroatoms. The number of rotatable bonds is 40. The summed E-state index contributed by atoms with van der Waals surface area (Å²) in [4.78, 5) is 22.8. The van der Waals surface area contributed by atoms with Gasteiger partial charge >= 0.3 is 7.82 Å². The van der Waals surface area contributed by atoms with Crippen molar-refractivity contribution in [1.29, 1.82) is 0 Å². The van der Waals surface area contributed by atoms with Crippen molar-refractivity contribution in [3.8, 4) is 0 Å². The summed E-state index contributed by atoms with van der Waals surface area (Å²) in [5.41, 5.74) is 0. The molecule has 0 radical (unpaired) electrons. The lowest BCUT2D eigenvalue weighted by atomic mass is 10.0. The SMILES string of the molecule is CC/C=C\C/C=C\C/C=C\C/C=C\C/C=C\C/C=C\C/C=C\C/C=C\C/C=C\C/C=C\C/C=C\CCCCCC(=O)NC(COP(=O)(O)OCC[N+](C)(C)C)C(O)CCCCC. The van der Waals surface area contributed by atoms with Gasteiger partial charge in [-0.3, -0.25) is 13.8 Å². The van der Waals surface area contributed by atoms with Gasteiger partial charge in [0.05, 0.1) is 39.9 Å². The molecule has 8 nitrogen and oxygen atoms in total. The van der Waals surface area contributed by atoms with E-state index >= 15 is 0 Å². The second kappa shape index (κ2) is 42.9. The van der Waals surface area contributed by atoms with E-state index in [1.807, 2.05) is 21.1 Å². The average Bonchev–Trinajstić information content (AvgIpc) is 3.23. The minimum Gasteiger partial charge on any atom is -0.391 e. The van der Waals surface area contributed by atoms with E-state index in [4.69, 9.17) is 9.05 Å². The molecule has 0 aromatic heterocycles. The summed E-state index contributed by atoms with van der Waals surface area (Å²) < 4.78 is 23.3. The van der Waals surface area contributed by atoms with Gasteiger partial charge < -0.3 is 19.8 Å². The third-order valence-corrected chi connectivity index (χ3v) is 10.4. The summed E-state index contributed by atoms with van der Waals surface area (Å²) in [6.07, 6.45) is 65.9. The van der Waals surface area contributed by atoms with Crippen LogP contribution in [0.25, 0.3) is 0 Å². The number of phosphoric ester groups is 1. The molecular formula is C53H88N2O6P+. The minimum absolute atomic E-state index is 0.0582. The Kier molecular flexibility index (Phi) is 40.6. The number of likely N-dealkylation sites (N-methyl/N-ethyl adjacent to an activating group) is 1. The van der Waals surface area contributed by atoms with Crippen molar-refractivity contribution < 1.29 is 32.9 Å². The molecule has 0 aliphatic rings. The molecule has 3 atom stereocenters. The van der Waals surface area contributed by atoms with Gasteiger partial charge in [-0.15, -0.1) is 0 Å². The zero-order valence-corrected chi connectivity index (χ0v) is 40.4. The van der Waals surface area contributed by atoms with E-state index in [1.165, 1.54) is 0 Å². The van der Waals surface area contributed by atoms with Crippen LogP contribution in [0.2, 0.25) is 0 Å². The number of carbonyl (C=O) groups is 1. The third kappa shape index (κ3) is 44.7. The second-order valence-electron chi connectivity index (χ2n) is 16.4. The van der Waals surface area contributed by atoms with Gasteiger partial charge in [0.15, 0.2) is 0 Å². The van der Waals surface area contributed by atoms with E-state index in [1.54, 1.807) is 0 Å².